The molecule has 0 bridgehead atoms. The summed E-state index contributed by atoms with van der Waals surface area (Å²) in [5.41, 5.74) is 2.08. The Balaban J connectivity index is 0.00000312. The highest BCUT2D eigenvalue weighted by Crippen LogP contribution is 2.14. The third kappa shape index (κ3) is 6.80. The minimum Gasteiger partial charge on any atom is -0.392 e. The van der Waals surface area contributed by atoms with Gasteiger partial charge in [-0.1, -0.05) is 35.9 Å². The smallest absolute Gasteiger partial charge is 0.191 e. The molecule has 0 amide bonds. The lowest BCUT2D eigenvalue weighted by Crippen LogP contribution is -2.36. The van der Waals surface area contributed by atoms with Crippen molar-refractivity contribution in [3.63, 3.8) is 0 Å². The van der Waals surface area contributed by atoms with E-state index in [1.165, 1.54) is 6.07 Å². The summed E-state index contributed by atoms with van der Waals surface area (Å²) in [5.74, 6) is 0.237. The molecule has 0 unspecified atom stereocenters. The zero-order chi connectivity index (χ0) is 17.4. The van der Waals surface area contributed by atoms with Gasteiger partial charge in [-0.05, 0) is 36.2 Å². The minimum atomic E-state index is -0.408. The topological polar surface area (TPSA) is 56.7 Å². The molecule has 4 nitrogen and oxygen atoms in total. The van der Waals surface area contributed by atoms with Crippen molar-refractivity contribution in [1.82, 2.24) is 10.6 Å². The van der Waals surface area contributed by atoms with Crippen molar-refractivity contribution in [1.29, 1.82) is 0 Å². The summed E-state index contributed by atoms with van der Waals surface area (Å²) < 4.78 is 13.4. The Morgan fingerprint density at radius 1 is 1.16 bits per heavy atom. The van der Waals surface area contributed by atoms with Crippen LogP contribution in [0.15, 0.2) is 47.5 Å². The molecule has 7 heteroatoms. The van der Waals surface area contributed by atoms with Gasteiger partial charge in [0.05, 0.1) is 13.2 Å². The van der Waals surface area contributed by atoms with E-state index in [2.05, 4.69) is 15.6 Å². The molecule has 0 spiro atoms. The fourth-order valence-corrected chi connectivity index (χ4v) is 2.38. The standard InChI is InChI=1S/C18H21ClFN3O.HI/c1-2-21-18(23-11-14-5-3-4-6-16(14)19)22-10-13-7-8-17(20)15(9-13)12-24;/h3-9,24H,2,10-12H2,1H3,(H2,21,22,23);1H. The zero-order valence-electron chi connectivity index (χ0n) is 13.9. The van der Waals surface area contributed by atoms with Crippen LogP contribution in [0.1, 0.15) is 23.6 Å². The summed E-state index contributed by atoms with van der Waals surface area (Å²) in [6.45, 7) is 3.31. The van der Waals surface area contributed by atoms with Crippen LogP contribution in [0.2, 0.25) is 5.02 Å². The average Bonchev–Trinajstić information content (AvgIpc) is 2.59. The van der Waals surface area contributed by atoms with Crippen LogP contribution in [-0.4, -0.2) is 17.6 Å². The van der Waals surface area contributed by atoms with Gasteiger partial charge in [0.25, 0.3) is 0 Å². The third-order valence-electron chi connectivity index (χ3n) is 3.45. The second kappa shape index (κ2) is 11.3. The number of aliphatic hydroxyl groups excluding tert-OH is 1. The van der Waals surface area contributed by atoms with Crippen LogP contribution >= 0.6 is 35.6 Å². The highest BCUT2D eigenvalue weighted by molar-refractivity contribution is 14.0. The Bertz CT molecular complexity index is 712. The van der Waals surface area contributed by atoms with Gasteiger partial charge >= 0.3 is 0 Å². The van der Waals surface area contributed by atoms with Crippen LogP contribution in [0.25, 0.3) is 0 Å². The number of nitrogens with one attached hydrogen (secondary N) is 2. The number of hydrogen-bond donors (Lipinski definition) is 3. The van der Waals surface area contributed by atoms with E-state index in [1.807, 2.05) is 31.2 Å². The maximum atomic E-state index is 13.4. The van der Waals surface area contributed by atoms with Crippen molar-refractivity contribution in [3.05, 3.63) is 70.0 Å². The molecule has 136 valence electrons. The SMILES string of the molecule is CCNC(=NCc1ccc(F)c(CO)c1)NCc1ccccc1Cl.I. The molecule has 2 aromatic rings. The second-order valence-electron chi connectivity index (χ2n) is 5.22. The molecule has 0 saturated heterocycles. The van der Waals surface area contributed by atoms with Gasteiger partial charge in [0, 0.05) is 23.7 Å². The van der Waals surface area contributed by atoms with Crippen molar-refractivity contribution in [2.45, 2.75) is 26.6 Å². The largest absolute Gasteiger partial charge is 0.392 e. The second-order valence-corrected chi connectivity index (χ2v) is 5.63. The van der Waals surface area contributed by atoms with Crippen molar-refractivity contribution in [2.75, 3.05) is 6.54 Å². The Kier molecular flexibility index (Phi) is 9.77. The van der Waals surface area contributed by atoms with Crippen LogP contribution < -0.4 is 10.6 Å². The molecule has 0 radical (unpaired) electrons. The van der Waals surface area contributed by atoms with Gasteiger partial charge in [-0.25, -0.2) is 9.38 Å². The van der Waals surface area contributed by atoms with Crippen molar-refractivity contribution in [3.8, 4) is 0 Å². The zero-order valence-corrected chi connectivity index (χ0v) is 17.0. The molecule has 0 aliphatic heterocycles. The first-order valence-corrected chi connectivity index (χ1v) is 8.15. The highest BCUT2D eigenvalue weighted by atomic mass is 127. The van der Waals surface area contributed by atoms with E-state index in [0.717, 1.165) is 17.7 Å². The van der Waals surface area contributed by atoms with Crippen molar-refractivity contribution < 1.29 is 9.50 Å². The quantitative estimate of drug-likeness (QED) is 0.337. The summed E-state index contributed by atoms with van der Waals surface area (Å²) in [4.78, 5) is 4.48. The first kappa shape index (κ1) is 21.7. The summed E-state index contributed by atoms with van der Waals surface area (Å²) >= 11 is 6.15. The lowest BCUT2D eigenvalue weighted by Gasteiger charge is -2.12. The molecule has 0 aliphatic carbocycles. The lowest BCUT2D eigenvalue weighted by atomic mass is 10.1. The Labute approximate surface area is 169 Å². The van der Waals surface area contributed by atoms with Crippen LogP contribution in [0.4, 0.5) is 4.39 Å². The van der Waals surface area contributed by atoms with Crippen LogP contribution in [0.5, 0.6) is 0 Å². The Morgan fingerprint density at radius 3 is 2.60 bits per heavy atom. The van der Waals surface area contributed by atoms with Gasteiger partial charge in [0.15, 0.2) is 5.96 Å². The fraction of sp³-hybridized carbons (Fsp3) is 0.278. The first-order chi connectivity index (χ1) is 11.6. The molecule has 25 heavy (non-hydrogen) atoms. The molecule has 3 N–H and O–H groups in total. The van der Waals surface area contributed by atoms with E-state index in [4.69, 9.17) is 16.7 Å². The van der Waals surface area contributed by atoms with E-state index in [1.54, 1.807) is 12.1 Å². The average molecular weight is 478 g/mol. The number of aliphatic imine (C=N–C) groups is 1. The maximum Gasteiger partial charge on any atom is 0.191 e. The number of halogens is 3. The Morgan fingerprint density at radius 2 is 1.92 bits per heavy atom. The summed E-state index contributed by atoms with van der Waals surface area (Å²) in [6, 6.07) is 12.2. The fourth-order valence-electron chi connectivity index (χ4n) is 2.18. The van der Waals surface area contributed by atoms with Gasteiger partial charge in [-0.3, -0.25) is 0 Å². The number of guanidine groups is 1. The van der Waals surface area contributed by atoms with E-state index in [-0.39, 0.29) is 36.1 Å². The molecular weight excluding hydrogens is 456 g/mol. The third-order valence-corrected chi connectivity index (χ3v) is 3.82. The lowest BCUT2D eigenvalue weighted by molar-refractivity contribution is 0.275. The molecule has 0 aliphatic rings. The summed E-state index contributed by atoms with van der Waals surface area (Å²) in [5, 5.41) is 16.2. The predicted molar refractivity (Wildman–Crippen MR) is 111 cm³/mol. The maximum absolute atomic E-state index is 13.4. The van der Waals surface area contributed by atoms with E-state index >= 15 is 0 Å². The number of hydrogen-bond acceptors (Lipinski definition) is 2. The molecule has 0 saturated carbocycles. The van der Waals surface area contributed by atoms with Crippen LogP contribution in [-0.2, 0) is 19.7 Å². The molecule has 0 aromatic heterocycles. The molecule has 0 atom stereocenters. The van der Waals surface area contributed by atoms with Crippen LogP contribution in [0.3, 0.4) is 0 Å². The van der Waals surface area contributed by atoms with Gasteiger partial charge in [0.1, 0.15) is 5.82 Å². The molecule has 2 rings (SSSR count). The summed E-state index contributed by atoms with van der Waals surface area (Å²) in [7, 11) is 0. The van der Waals surface area contributed by atoms with E-state index < -0.39 is 5.82 Å². The first-order valence-electron chi connectivity index (χ1n) is 7.77. The van der Waals surface area contributed by atoms with E-state index in [0.29, 0.717) is 24.1 Å². The van der Waals surface area contributed by atoms with Crippen LogP contribution in [0, 0.1) is 5.82 Å². The molecule has 0 heterocycles. The van der Waals surface area contributed by atoms with E-state index in [9.17, 15) is 4.39 Å². The number of nitrogens with zero attached hydrogens (tertiary/aromatic N) is 1. The predicted octanol–water partition coefficient (Wildman–Crippen LogP) is 3.84. The van der Waals surface area contributed by atoms with Gasteiger partial charge in [0.2, 0.25) is 0 Å². The van der Waals surface area contributed by atoms with Gasteiger partial charge < -0.3 is 15.7 Å². The van der Waals surface area contributed by atoms with Crippen molar-refractivity contribution >= 4 is 41.5 Å². The molecular formula is C18H22ClFIN3O. The molecule has 0 fully saturated rings. The molecule has 2 aromatic carbocycles. The Hall–Kier alpha value is -1.38. The monoisotopic (exact) mass is 477 g/mol. The highest BCUT2D eigenvalue weighted by Gasteiger charge is 2.04. The van der Waals surface area contributed by atoms with Crippen molar-refractivity contribution in [2.24, 2.45) is 4.99 Å². The summed E-state index contributed by atoms with van der Waals surface area (Å²) in [6.07, 6.45) is 0. The number of rotatable bonds is 6. The van der Waals surface area contributed by atoms with Gasteiger partial charge in [-0.2, -0.15) is 0 Å². The normalized spacial score (nSPS) is 11.0. The minimum absolute atomic E-state index is 0. The number of benzene rings is 2. The van der Waals surface area contributed by atoms with Gasteiger partial charge in [-0.15, -0.1) is 24.0 Å². The number of aliphatic hydroxyl groups is 1.